The van der Waals surface area contributed by atoms with Crippen molar-refractivity contribution in [3.8, 4) is 0 Å². The van der Waals surface area contributed by atoms with Crippen LogP contribution in [0.3, 0.4) is 0 Å². The number of carbonyl (C=O) groups is 2. The van der Waals surface area contributed by atoms with Crippen molar-refractivity contribution < 1.29 is 14.3 Å². The van der Waals surface area contributed by atoms with Crippen molar-refractivity contribution in [3.63, 3.8) is 0 Å². The number of methoxy groups -OCH3 is 1. The van der Waals surface area contributed by atoms with Crippen LogP contribution in [-0.4, -0.2) is 19.0 Å². The van der Waals surface area contributed by atoms with Gasteiger partial charge in [0.1, 0.15) is 0 Å². The summed E-state index contributed by atoms with van der Waals surface area (Å²) in [6, 6.07) is 14.0. The summed E-state index contributed by atoms with van der Waals surface area (Å²) in [6.45, 7) is 1.69. The van der Waals surface area contributed by atoms with Crippen LogP contribution < -0.4 is 4.90 Å². The maximum absolute atomic E-state index is 13.1. The topological polar surface area (TPSA) is 46.6 Å². The fourth-order valence-corrected chi connectivity index (χ4v) is 3.29. The van der Waals surface area contributed by atoms with Crippen molar-refractivity contribution in [3.05, 3.63) is 81.0 Å². The number of hydrogen-bond donors (Lipinski definition) is 0. The third-order valence-electron chi connectivity index (χ3n) is 4.04. The molecule has 132 valence electrons. The van der Waals surface area contributed by atoms with E-state index >= 15 is 0 Å². The summed E-state index contributed by atoms with van der Waals surface area (Å²) in [5.41, 5.74) is 2.11. The molecule has 26 heavy (non-hydrogen) atoms. The molecule has 0 aromatic heterocycles. The van der Waals surface area contributed by atoms with Crippen LogP contribution >= 0.6 is 23.2 Å². The number of carbonyl (C=O) groups excluding carboxylic acids is 2. The van der Waals surface area contributed by atoms with E-state index in [0.29, 0.717) is 27.0 Å². The summed E-state index contributed by atoms with van der Waals surface area (Å²) in [6.07, 6.45) is 1.63. The highest BCUT2D eigenvalue weighted by Gasteiger charge is 2.38. The number of rotatable bonds is 3. The summed E-state index contributed by atoms with van der Waals surface area (Å²) < 4.78 is 4.88. The molecule has 1 amide bonds. The Labute approximate surface area is 161 Å². The third-order valence-corrected chi connectivity index (χ3v) is 4.60. The summed E-state index contributed by atoms with van der Waals surface area (Å²) in [5, 5.41) is 0.946. The number of para-hydroxylation sites is 1. The summed E-state index contributed by atoms with van der Waals surface area (Å²) >= 11 is 12.3. The fourth-order valence-electron chi connectivity index (χ4n) is 2.87. The largest absolute Gasteiger partial charge is 0.465 e. The van der Waals surface area contributed by atoms with Gasteiger partial charge < -0.3 is 4.74 Å². The van der Waals surface area contributed by atoms with Crippen LogP contribution in [0.1, 0.15) is 12.5 Å². The van der Waals surface area contributed by atoms with Gasteiger partial charge in [0.15, 0.2) is 0 Å². The van der Waals surface area contributed by atoms with E-state index < -0.39 is 5.97 Å². The molecule has 2 aromatic rings. The Morgan fingerprint density at radius 3 is 2.50 bits per heavy atom. The Balaban J connectivity index is 2.17. The van der Waals surface area contributed by atoms with Crippen molar-refractivity contribution in [1.29, 1.82) is 0 Å². The number of amides is 1. The number of hydrogen-bond acceptors (Lipinski definition) is 3. The van der Waals surface area contributed by atoms with E-state index in [0.717, 1.165) is 0 Å². The minimum atomic E-state index is -0.585. The monoisotopic (exact) mass is 387 g/mol. The van der Waals surface area contributed by atoms with Crippen LogP contribution in [0.2, 0.25) is 10.0 Å². The van der Waals surface area contributed by atoms with Gasteiger partial charge in [-0.15, -0.1) is 0 Å². The Morgan fingerprint density at radius 2 is 1.85 bits per heavy atom. The van der Waals surface area contributed by atoms with Crippen LogP contribution in [0, 0.1) is 0 Å². The molecule has 0 N–H and O–H groups in total. The Hall–Kier alpha value is -2.56. The second-order valence-electron chi connectivity index (χ2n) is 5.66. The zero-order chi connectivity index (χ0) is 18.8. The number of allylic oxidation sites excluding steroid dienone is 1. The molecule has 2 aromatic carbocycles. The van der Waals surface area contributed by atoms with E-state index in [-0.39, 0.29) is 17.1 Å². The van der Waals surface area contributed by atoms with Crippen LogP contribution in [-0.2, 0) is 14.3 Å². The van der Waals surface area contributed by atoms with Gasteiger partial charge in [-0.25, -0.2) is 4.79 Å². The van der Waals surface area contributed by atoms with E-state index in [9.17, 15) is 9.59 Å². The number of anilines is 1. The normalized spacial score (nSPS) is 15.8. The van der Waals surface area contributed by atoms with Crippen molar-refractivity contribution in [2.45, 2.75) is 6.92 Å². The maximum atomic E-state index is 13.1. The lowest BCUT2D eigenvalue weighted by Crippen LogP contribution is -2.24. The molecule has 0 saturated carbocycles. The van der Waals surface area contributed by atoms with Crippen LogP contribution in [0.5, 0.6) is 0 Å². The first-order chi connectivity index (χ1) is 12.4. The lowest BCUT2D eigenvalue weighted by atomic mass is 10.0. The van der Waals surface area contributed by atoms with Gasteiger partial charge in [-0.2, -0.15) is 0 Å². The molecular formula is C20H15Cl2NO3. The SMILES string of the molecule is COC(=O)C1=C(C)N(c2ccccc2Cl)C(=O)/C1=C\c1cccc(Cl)c1. The highest BCUT2D eigenvalue weighted by Crippen LogP contribution is 2.38. The van der Waals surface area contributed by atoms with Crippen molar-refractivity contribution in [2.75, 3.05) is 12.0 Å². The molecule has 4 nitrogen and oxygen atoms in total. The lowest BCUT2D eigenvalue weighted by Gasteiger charge is -2.19. The lowest BCUT2D eigenvalue weighted by molar-refractivity contribution is -0.136. The number of esters is 1. The molecule has 0 unspecified atom stereocenters. The molecule has 1 aliphatic rings. The first kappa shape index (κ1) is 18.2. The van der Waals surface area contributed by atoms with E-state index in [1.165, 1.54) is 12.0 Å². The molecular weight excluding hydrogens is 373 g/mol. The zero-order valence-electron chi connectivity index (χ0n) is 14.1. The van der Waals surface area contributed by atoms with Gasteiger partial charge in [0.05, 0.1) is 29.0 Å². The molecule has 6 heteroatoms. The summed E-state index contributed by atoms with van der Waals surface area (Å²) in [4.78, 5) is 26.9. The Kier molecular flexibility index (Phi) is 5.16. The number of nitrogens with zero attached hydrogens (tertiary/aromatic N) is 1. The first-order valence-corrected chi connectivity index (χ1v) is 8.55. The predicted octanol–water partition coefficient (Wildman–Crippen LogP) is 4.87. The van der Waals surface area contributed by atoms with Crippen molar-refractivity contribution in [2.24, 2.45) is 0 Å². The Morgan fingerprint density at radius 1 is 1.12 bits per heavy atom. The molecule has 0 fully saturated rings. The molecule has 1 aliphatic heterocycles. The molecule has 0 aliphatic carbocycles. The van der Waals surface area contributed by atoms with Crippen LogP contribution in [0.4, 0.5) is 5.69 Å². The van der Waals surface area contributed by atoms with Gasteiger partial charge in [0, 0.05) is 10.7 Å². The van der Waals surface area contributed by atoms with E-state index in [2.05, 4.69) is 0 Å². The summed E-state index contributed by atoms with van der Waals surface area (Å²) in [5.74, 6) is -0.936. The molecule has 0 radical (unpaired) electrons. The number of ether oxygens (including phenoxy) is 1. The number of benzene rings is 2. The van der Waals surface area contributed by atoms with E-state index in [1.54, 1.807) is 61.5 Å². The molecule has 3 rings (SSSR count). The van der Waals surface area contributed by atoms with Gasteiger partial charge in [0.2, 0.25) is 0 Å². The van der Waals surface area contributed by atoms with E-state index in [4.69, 9.17) is 27.9 Å². The maximum Gasteiger partial charge on any atom is 0.340 e. The fraction of sp³-hybridized carbons (Fsp3) is 0.100. The molecule has 0 saturated heterocycles. The minimum absolute atomic E-state index is 0.206. The first-order valence-electron chi connectivity index (χ1n) is 7.80. The average Bonchev–Trinajstić information content (AvgIpc) is 2.85. The third kappa shape index (κ3) is 3.26. The standard InChI is InChI=1S/C20H15Cl2NO3/c1-12-18(20(25)26-2)15(11-13-6-5-7-14(21)10-13)19(24)23(12)17-9-4-3-8-16(17)22/h3-11H,1-2H3/b15-11-. The predicted molar refractivity (Wildman–Crippen MR) is 103 cm³/mol. The smallest absolute Gasteiger partial charge is 0.340 e. The molecule has 0 atom stereocenters. The van der Waals surface area contributed by atoms with E-state index in [1.807, 2.05) is 0 Å². The summed E-state index contributed by atoms with van der Waals surface area (Å²) in [7, 11) is 1.28. The van der Waals surface area contributed by atoms with Gasteiger partial charge >= 0.3 is 5.97 Å². The number of halogens is 2. The van der Waals surface area contributed by atoms with Crippen molar-refractivity contribution >= 4 is 46.8 Å². The second kappa shape index (κ2) is 7.36. The van der Waals surface area contributed by atoms with Crippen LogP contribution in [0.15, 0.2) is 65.4 Å². The quantitative estimate of drug-likeness (QED) is 0.557. The van der Waals surface area contributed by atoms with Gasteiger partial charge in [0.25, 0.3) is 5.91 Å². The zero-order valence-corrected chi connectivity index (χ0v) is 15.6. The van der Waals surface area contributed by atoms with Crippen LogP contribution in [0.25, 0.3) is 6.08 Å². The molecule has 0 bridgehead atoms. The average molecular weight is 388 g/mol. The molecule has 1 heterocycles. The minimum Gasteiger partial charge on any atom is -0.465 e. The van der Waals surface area contributed by atoms with Gasteiger partial charge in [-0.3, -0.25) is 9.69 Å². The second-order valence-corrected chi connectivity index (χ2v) is 6.50. The van der Waals surface area contributed by atoms with Gasteiger partial charge in [-0.05, 0) is 42.8 Å². The van der Waals surface area contributed by atoms with Crippen molar-refractivity contribution in [1.82, 2.24) is 0 Å². The molecule has 0 spiro atoms. The highest BCUT2D eigenvalue weighted by molar-refractivity contribution is 6.35. The Bertz CT molecular complexity index is 963. The highest BCUT2D eigenvalue weighted by atomic mass is 35.5. The van der Waals surface area contributed by atoms with Gasteiger partial charge in [-0.1, -0.05) is 47.5 Å².